The third-order valence-corrected chi connectivity index (χ3v) is 3.56. The molecule has 0 saturated carbocycles. The zero-order valence-electron chi connectivity index (χ0n) is 11.0. The van der Waals surface area contributed by atoms with Crippen molar-refractivity contribution in [1.29, 1.82) is 0 Å². The predicted octanol–water partition coefficient (Wildman–Crippen LogP) is 2.66. The van der Waals surface area contributed by atoms with E-state index >= 15 is 0 Å². The molecule has 3 rings (SSSR count). The monoisotopic (exact) mass is 266 g/mol. The Labute approximate surface area is 117 Å². The molecule has 0 spiro atoms. The number of anilines is 1. The van der Waals surface area contributed by atoms with Crippen molar-refractivity contribution in [3.8, 4) is 0 Å². The number of carbonyl (C=O) groups is 2. The van der Waals surface area contributed by atoms with Crippen LogP contribution in [0.4, 0.5) is 10.5 Å². The molecule has 4 nitrogen and oxygen atoms in total. The Morgan fingerprint density at radius 2 is 1.45 bits per heavy atom. The van der Waals surface area contributed by atoms with Crippen LogP contribution in [0.25, 0.3) is 0 Å². The van der Waals surface area contributed by atoms with E-state index in [0.717, 1.165) is 5.56 Å². The summed E-state index contributed by atoms with van der Waals surface area (Å²) in [4.78, 5) is 26.0. The molecule has 4 heteroatoms. The normalized spacial score (nSPS) is 21.9. The molecule has 2 aromatic carbocycles. The van der Waals surface area contributed by atoms with Gasteiger partial charge in [0.1, 0.15) is 5.54 Å². The van der Waals surface area contributed by atoms with Gasteiger partial charge in [0.15, 0.2) is 0 Å². The fourth-order valence-electron chi connectivity index (χ4n) is 2.42. The zero-order valence-corrected chi connectivity index (χ0v) is 11.0. The lowest BCUT2D eigenvalue weighted by atomic mass is 9.92. The number of nitrogens with one attached hydrogen (secondary N) is 1. The van der Waals surface area contributed by atoms with Crippen molar-refractivity contribution in [2.45, 2.75) is 12.5 Å². The molecule has 100 valence electrons. The number of hydrogen-bond donors (Lipinski definition) is 1. The smallest absolute Gasteiger partial charge is 0.319 e. The highest BCUT2D eigenvalue weighted by atomic mass is 16.2. The largest absolute Gasteiger partial charge is 0.329 e. The molecule has 0 bridgehead atoms. The molecule has 0 radical (unpaired) electrons. The fourth-order valence-corrected chi connectivity index (χ4v) is 2.42. The molecular weight excluding hydrogens is 252 g/mol. The summed E-state index contributed by atoms with van der Waals surface area (Å²) in [7, 11) is 0. The van der Waals surface area contributed by atoms with Crippen molar-refractivity contribution in [1.82, 2.24) is 5.32 Å². The van der Waals surface area contributed by atoms with Crippen LogP contribution in [0, 0.1) is 0 Å². The Balaban J connectivity index is 2.03. The fraction of sp³-hybridized carbons (Fsp3) is 0.125. The van der Waals surface area contributed by atoms with E-state index in [4.69, 9.17) is 0 Å². The lowest BCUT2D eigenvalue weighted by molar-refractivity contribution is -0.121. The third-order valence-electron chi connectivity index (χ3n) is 3.56. The molecular formula is C16H14N2O2. The van der Waals surface area contributed by atoms with Gasteiger partial charge in [-0.3, -0.25) is 4.79 Å². The second-order valence-corrected chi connectivity index (χ2v) is 4.90. The maximum Gasteiger partial charge on any atom is 0.329 e. The van der Waals surface area contributed by atoms with Crippen molar-refractivity contribution in [2.75, 3.05) is 4.90 Å². The lowest BCUT2D eigenvalue weighted by Crippen LogP contribution is -2.40. The van der Waals surface area contributed by atoms with Crippen LogP contribution in [0.3, 0.4) is 0 Å². The van der Waals surface area contributed by atoms with E-state index in [-0.39, 0.29) is 5.91 Å². The van der Waals surface area contributed by atoms with Crippen LogP contribution < -0.4 is 10.2 Å². The summed E-state index contributed by atoms with van der Waals surface area (Å²) in [5.74, 6) is -0.264. The first-order valence-electron chi connectivity index (χ1n) is 6.40. The number of imide groups is 1. The summed E-state index contributed by atoms with van der Waals surface area (Å²) in [6, 6.07) is 17.8. The topological polar surface area (TPSA) is 49.4 Å². The Bertz CT molecular complexity index is 655. The van der Waals surface area contributed by atoms with E-state index in [1.54, 1.807) is 31.2 Å². The van der Waals surface area contributed by atoms with Crippen LogP contribution in [0.5, 0.6) is 0 Å². The number of urea groups is 1. The van der Waals surface area contributed by atoms with Gasteiger partial charge in [0.2, 0.25) is 0 Å². The van der Waals surface area contributed by atoms with Gasteiger partial charge in [0, 0.05) is 0 Å². The zero-order chi connectivity index (χ0) is 14.2. The van der Waals surface area contributed by atoms with E-state index < -0.39 is 11.6 Å². The van der Waals surface area contributed by atoms with E-state index in [9.17, 15) is 9.59 Å². The third kappa shape index (κ3) is 1.77. The number of carbonyl (C=O) groups excluding carboxylic acids is 2. The van der Waals surface area contributed by atoms with Crippen molar-refractivity contribution >= 4 is 17.6 Å². The molecule has 1 aliphatic rings. The average Bonchev–Trinajstić information content (AvgIpc) is 2.72. The molecule has 0 aromatic heterocycles. The Morgan fingerprint density at radius 3 is 2.05 bits per heavy atom. The van der Waals surface area contributed by atoms with Crippen molar-refractivity contribution < 1.29 is 9.59 Å². The Kier molecular flexibility index (Phi) is 2.79. The number of benzene rings is 2. The lowest BCUT2D eigenvalue weighted by Gasteiger charge is -2.22. The first-order chi connectivity index (χ1) is 9.63. The predicted molar refractivity (Wildman–Crippen MR) is 76.3 cm³/mol. The molecule has 0 aliphatic carbocycles. The van der Waals surface area contributed by atoms with Gasteiger partial charge in [-0.1, -0.05) is 48.5 Å². The summed E-state index contributed by atoms with van der Waals surface area (Å²) in [6.45, 7) is 1.73. The first kappa shape index (κ1) is 12.4. The molecule has 1 unspecified atom stereocenters. The van der Waals surface area contributed by atoms with Gasteiger partial charge in [-0.2, -0.15) is 0 Å². The second kappa shape index (κ2) is 4.49. The van der Waals surface area contributed by atoms with Gasteiger partial charge >= 0.3 is 6.03 Å². The summed E-state index contributed by atoms with van der Waals surface area (Å²) in [5, 5.41) is 2.78. The molecule has 3 amide bonds. The quantitative estimate of drug-likeness (QED) is 0.849. The highest BCUT2D eigenvalue weighted by Crippen LogP contribution is 2.31. The van der Waals surface area contributed by atoms with E-state index in [2.05, 4.69) is 5.32 Å². The van der Waals surface area contributed by atoms with Gasteiger partial charge in [-0.15, -0.1) is 0 Å². The molecule has 1 aliphatic heterocycles. The van der Waals surface area contributed by atoms with E-state index in [0.29, 0.717) is 5.69 Å². The molecule has 2 aromatic rings. The molecule has 1 saturated heterocycles. The first-order valence-corrected chi connectivity index (χ1v) is 6.40. The molecule has 1 heterocycles. The minimum absolute atomic E-state index is 0.264. The minimum atomic E-state index is -1.02. The van der Waals surface area contributed by atoms with Crippen molar-refractivity contribution in [3.05, 3.63) is 66.2 Å². The summed E-state index contributed by atoms with van der Waals surface area (Å²) in [6.07, 6.45) is 0. The summed E-state index contributed by atoms with van der Waals surface area (Å²) < 4.78 is 0. The van der Waals surface area contributed by atoms with Gasteiger partial charge in [0.25, 0.3) is 5.91 Å². The average molecular weight is 266 g/mol. The molecule has 1 N–H and O–H groups in total. The van der Waals surface area contributed by atoms with E-state index in [1.807, 2.05) is 36.4 Å². The summed E-state index contributed by atoms with van der Waals surface area (Å²) >= 11 is 0. The van der Waals surface area contributed by atoms with Crippen LogP contribution in [-0.2, 0) is 10.3 Å². The van der Waals surface area contributed by atoms with Gasteiger partial charge in [-0.05, 0) is 24.6 Å². The Morgan fingerprint density at radius 1 is 0.900 bits per heavy atom. The maximum atomic E-state index is 12.7. The number of para-hydroxylation sites is 1. The van der Waals surface area contributed by atoms with Crippen LogP contribution >= 0.6 is 0 Å². The number of amides is 3. The highest BCUT2D eigenvalue weighted by Gasteiger charge is 2.49. The van der Waals surface area contributed by atoms with Gasteiger partial charge < -0.3 is 5.32 Å². The molecule has 20 heavy (non-hydrogen) atoms. The maximum absolute atomic E-state index is 12.7. The SMILES string of the molecule is CC1(c2ccccc2)NC(=O)N(c2ccccc2)C1=O. The number of nitrogens with zero attached hydrogens (tertiary/aromatic N) is 1. The molecule has 1 atom stereocenters. The second-order valence-electron chi connectivity index (χ2n) is 4.90. The standard InChI is InChI=1S/C16H14N2O2/c1-16(12-8-4-2-5-9-12)14(19)18(15(20)17-16)13-10-6-3-7-11-13/h2-11H,1H3,(H,17,20). The van der Waals surface area contributed by atoms with Gasteiger partial charge in [-0.25, -0.2) is 9.69 Å². The van der Waals surface area contributed by atoms with Crippen molar-refractivity contribution in [3.63, 3.8) is 0 Å². The number of rotatable bonds is 2. The van der Waals surface area contributed by atoms with Crippen LogP contribution in [0.15, 0.2) is 60.7 Å². The van der Waals surface area contributed by atoms with E-state index in [1.165, 1.54) is 4.90 Å². The van der Waals surface area contributed by atoms with Crippen LogP contribution in [0.2, 0.25) is 0 Å². The van der Waals surface area contributed by atoms with Crippen molar-refractivity contribution in [2.24, 2.45) is 0 Å². The Hall–Kier alpha value is -2.62. The minimum Gasteiger partial charge on any atom is -0.319 e. The summed E-state index contributed by atoms with van der Waals surface area (Å²) in [5.41, 5.74) is 0.334. The molecule has 1 fully saturated rings. The van der Waals surface area contributed by atoms with Crippen LogP contribution in [-0.4, -0.2) is 11.9 Å². The van der Waals surface area contributed by atoms with Gasteiger partial charge in [0.05, 0.1) is 5.69 Å². The van der Waals surface area contributed by atoms with Crippen LogP contribution in [0.1, 0.15) is 12.5 Å². The number of hydrogen-bond acceptors (Lipinski definition) is 2. The highest BCUT2D eigenvalue weighted by molar-refractivity contribution is 6.23.